The van der Waals surface area contributed by atoms with Crippen LogP contribution in [0.5, 0.6) is 0 Å². The number of benzene rings is 2. The molecule has 214 valence electrons. The molecule has 2 aromatic carbocycles. The van der Waals surface area contributed by atoms with E-state index in [1.165, 1.54) is 21.6 Å². The van der Waals surface area contributed by atoms with Crippen molar-refractivity contribution in [1.82, 2.24) is 14.8 Å². The Labute approximate surface area is 239 Å². The van der Waals surface area contributed by atoms with Crippen LogP contribution >= 0.6 is 11.8 Å². The van der Waals surface area contributed by atoms with Crippen molar-refractivity contribution in [2.24, 2.45) is 4.99 Å². The van der Waals surface area contributed by atoms with E-state index in [0.29, 0.717) is 5.82 Å². The molecular formula is C30H38N4O5S. The minimum absolute atomic E-state index is 0.0632. The summed E-state index contributed by atoms with van der Waals surface area (Å²) in [5.41, 5.74) is 7.00. The fraction of sp³-hybridized carbons (Fsp3) is 0.433. The molecule has 2 heterocycles. The third-order valence-electron chi connectivity index (χ3n) is 6.55. The molecule has 0 fully saturated rings. The van der Waals surface area contributed by atoms with E-state index < -0.39 is 11.9 Å². The highest BCUT2D eigenvalue weighted by molar-refractivity contribution is 7.99. The van der Waals surface area contributed by atoms with Gasteiger partial charge in [0, 0.05) is 28.9 Å². The van der Waals surface area contributed by atoms with Crippen LogP contribution in [-0.4, -0.2) is 53.5 Å². The molecule has 1 unspecified atom stereocenters. The summed E-state index contributed by atoms with van der Waals surface area (Å²) in [4.78, 5) is 26.0. The van der Waals surface area contributed by atoms with Gasteiger partial charge < -0.3 is 15.3 Å². The number of carbonyl (C=O) groups is 2. The van der Waals surface area contributed by atoms with E-state index >= 15 is 0 Å². The van der Waals surface area contributed by atoms with Gasteiger partial charge in [-0.3, -0.25) is 19.1 Å². The molecule has 3 N–H and O–H groups in total. The number of hydrogen-bond acceptors (Lipinski definition) is 7. The van der Waals surface area contributed by atoms with E-state index in [1.807, 2.05) is 16.3 Å². The van der Waals surface area contributed by atoms with Crippen molar-refractivity contribution >= 4 is 29.4 Å². The van der Waals surface area contributed by atoms with Crippen molar-refractivity contribution in [3.63, 3.8) is 0 Å². The van der Waals surface area contributed by atoms with Gasteiger partial charge in [0.1, 0.15) is 12.6 Å². The number of para-hydroxylation sites is 1. The summed E-state index contributed by atoms with van der Waals surface area (Å²) in [6, 6.07) is 12.8. The zero-order valence-corrected chi connectivity index (χ0v) is 24.4. The maximum absolute atomic E-state index is 10.0. The number of aliphatic hydroxyl groups excluding tert-OH is 1. The number of aliphatic imine (C=N–C) groups is 1. The smallest absolute Gasteiger partial charge is 0.303 e. The second-order valence-corrected chi connectivity index (χ2v) is 10.6. The number of aliphatic carboxylic acids is 2. The summed E-state index contributed by atoms with van der Waals surface area (Å²) in [7, 11) is 0. The van der Waals surface area contributed by atoms with Crippen LogP contribution in [0.3, 0.4) is 0 Å². The van der Waals surface area contributed by atoms with Crippen molar-refractivity contribution in [1.29, 1.82) is 0 Å². The summed E-state index contributed by atoms with van der Waals surface area (Å²) in [5, 5.41) is 34.8. The normalized spacial score (nSPS) is 13.8. The number of aryl methyl sites for hydroxylation is 2. The van der Waals surface area contributed by atoms with Crippen LogP contribution in [-0.2, 0) is 29.0 Å². The zero-order chi connectivity index (χ0) is 29.2. The number of fused-ring (bicyclic) bond motifs is 3. The van der Waals surface area contributed by atoms with E-state index in [2.05, 4.69) is 74.3 Å². The Morgan fingerprint density at radius 3 is 2.12 bits per heavy atom. The molecule has 0 aliphatic carbocycles. The monoisotopic (exact) mass is 566 g/mol. The number of aromatic nitrogens is 3. The van der Waals surface area contributed by atoms with Crippen LogP contribution in [0.25, 0.3) is 5.69 Å². The van der Waals surface area contributed by atoms with Crippen LogP contribution in [0.1, 0.15) is 93.3 Å². The minimum atomic E-state index is -0.948. The maximum Gasteiger partial charge on any atom is 0.303 e. The average molecular weight is 567 g/mol. The highest BCUT2D eigenvalue weighted by Crippen LogP contribution is 2.38. The number of carboxylic acid groups (broad SMARTS) is 2. The molecule has 1 atom stereocenters. The molecule has 0 saturated carbocycles. The average Bonchev–Trinajstić information content (AvgIpc) is 3.33. The fourth-order valence-electron chi connectivity index (χ4n) is 4.68. The third-order valence-corrected chi connectivity index (χ3v) is 7.80. The minimum Gasteiger partial charge on any atom is -0.481 e. The summed E-state index contributed by atoms with van der Waals surface area (Å²) < 4.78 is 2.04. The van der Waals surface area contributed by atoms with E-state index in [4.69, 9.17) is 15.2 Å². The third kappa shape index (κ3) is 7.17. The molecule has 0 amide bonds. The lowest BCUT2D eigenvalue weighted by Crippen LogP contribution is -2.14. The lowest BCUT2D eigenvalue weighted by atomic mass is 9.90. The first-order valence-corrected chi connectivity index (χ1v) is 14.7. The van der Waals surface area contributed by atoms with Gasteiger partial charge in [0.25, 0.3) is 0 Å². The molecule has 0 saturated heterocycles. The van der Waals surface area contributed by atoms with Gasteiger partial charge in [-0.2, -0.15) is 0 Å². The summed E-state index contributed by atoms with van der Waals surface area (Å²) >= 11 is 1.84. The molecule has 0 radical (unpaired) electrons. The van der Waals surface area contributed by atoms with Crippen molar-refractivity contribution in [2.75, 3.05) is 5.75 Å². The quantitative estimate of drug-likeness (QED) is 0.254. The van der Waals surface area contributed by atoms with Crippen LogP contribution in [0.2, 0.25) is 0 Å². The Morgan fingerprint density at radius 1 is 0.950 bits per heavy atom. The van der Waals surface area contributed by atoms with Crippen LogP contribution in [0, 0.1) is 0 Å². The van der Waals surface area contributed by atoms with Crippen LogP contribution in [0.15, 0.2) is 46.3 Å². The first-order valence-electron chi connectivity index (χ1n) is 13.7. The number of rotatable bonds is 11. The Hall–Kier alpha value is -3.50. The Morgan fingerprint density at radius 2 is 1.57 bits per heavy atom. The van der Waals surface area contributed by atoms with Crippen molar-refractivity contribution in [2.45, 2.75) is 83.8 Å². The zero-order valence-electron chi connectivity index (χ0n) is 23.6. The largest absolute Gasteiger partial charge is 0.481 e. The molecule has 0 spiro atoms. The highest BCUT2D eigenvalue weighted by Gasteiger charge is 2.29. The fourth-order valence-corrected chi connectivity index (χ4v) is 5.61. The van der Waals surface area contributed by atoms with Gasteiger partial charge in [0.15, 0.2) is 11.6 Å². The number of aliphatic hydroxyl groups is 1. The number of hydrogen-bond donors (Lipinski definition) is 3. The van der Waals surface area contributed by atoms with Gasteiger partial charge in [-0.25, -0.2) is 0 Å². The number of carboxylic acids is 2. The second kappa shape index (κ2) is 14.8. The molecule has 4 rings (SSSR count). The second-order valence-electron chi connectivity index (χ2n) is 9.42. The molecule has 1 aliphatic heterocycles. The molecule has 10 heteroatoms. The molecule has 3 aromatic rings. The summed E-state index contributed by atoms with van der Waals surface area (Å²) in [5.74, 6) is 0.462. The number of nitrogens with zero attached hydrogens (tertiary/aromatic N) is 4. The van der Waals surface area contributed by atoms with E-state index in [0.717, 1.165) is 47.8 Å². The number of thioether (sulfide) groups is 1. The Kier molecular flexibility index (Phi) is 11.5. The van der Waals surface area contributed by atoms with Crippen molar-refractivity contribution in [3.05, 3.63) is 70.3 Å². The molecular weight excluding hydrogens is 528 g/mol. The van der Waals surface area contributed by atoms with Gasteiger partial charge in [-0.05, 0) is 55.6 Å². The first-order chi connectivity index (χ1) is 19.3. The predicted octanol–water partition coefficient (Wildman–Crippen LogP) is 5.62. The summed E-state index contributed by atoms with van der Waals surface area (Å²) in [6.45, 7) is 8.50. The van der Waals surface area contributed by atoms with Crippen molar-refractivity contribution < 1.29 is 24.9 Å². The molecule has 0 bridgehead atoms. The molecule has 9 nitrogen and oxygen atoms in total. The van der Waals surface area contributed by atoms with Gasteiger partial charge in [0.05, 0.1) is 11.4 Å². The van der Waals surface area contributed by atoms with Crippen LogP contribution in [0.4, 0.5) is 0 Å². The van der Waals surface area contributed by atoms with Crippen LogP contribution < -0.4 is 0 Å². The van der Waals surface area contributed by atoms with Gasteiger partial charge >= 0.3 is 11.9 Å². The van der Waals surface area contributed by atoms with E-state index in [1.54, 1.807) is 0 Å². The predicted molar refractivity (Wildman–Crippen MR) is 157 cm³/mol. The Bertz CT molecular complexity index is 1330. The molecule has 1 aliphatic rings. The van der Waals surface area contributed by atoms with Crippen molar-refractivity contribution in [3.8, 4) is 5.69 Å². The maximum atomic E-state index is 10.0. The lowest BCUT2D eigenvalue weighted by molar-refractivity contribution is -0.138. The first kappa shape index (κ1) is 31.0. The van der Waals surface area contributed by atoms with Gasteiger partial charge in [0.2, 0.25) is 0 Å². The Balaban J connectivity index is 0.000000424. The standard InChI is InChI=1S/C25H30N4OS.C5H8O4/c1-5-14-31-20-13-9-12-19-23(22-17(6-2)10-8-11-18(22)7-3)26-16(4)25-28-27-21(15-30)29(25)24(19)20;6-4(7)2-1-3-5(8)9/h8-13,16,30H,5-7,14-15H2,1-4H3;1-3H2,(H,6,7)(H,8,9). The molecule has 1 aromatic heterocycles. The van der Waals surface area contributed by atoms with E-state index in [-0.39, 0.29) is 31.9 Å². The molecule has 40 heavy (non-hydrogen) atoms. The lowest BCUT2D eigenvalue weighted by Gasteiger charge is -2.20. The summed E-state index contributed by atoms with van der Waals surface area (Å²) in [6.07, 6.45) is 3.07. The van der Waals surface area contributed by atoms with Gasteiger partial charge in [-0.1, -0.05) is 51.1 Å². The topological polar surface area (TPSA) is 138 Å². The SMILES string of the molecule is CCCSc1cccc2c1-n1c(CO)nnc1C(C)N=C2c1c(CC)cccc1CC.O=C(O)CCCC(=O)O. The highest BCUT2D eigenvalue weighted by atomic mass is 32.2. The van der Waals surface area contributed by atoms with E-state index in [9.17, 15) is 14.7 Å². The van der Waals surface area contributed by atoms with Gasteiger partial charge in [-0.15, -0.1) is 22.0 Å².